The Kier molecular flexibility index (Phi) is 2.79. The molecule has 0 fully saturated rings. The molecule has 3 heteroatoms. The Balaban J connectivity index is 2.48. The molecule has 0 radical (unpaired) electrons. The van der Waals surface area contributed by atoms with Crippen LogP contribution < -0.4 is 5.73 Å². The second-order valence-corrected chi connectivity index (χ2v) is 4.20. The molecule has 0 aliphatic rings. The lowest BCUT2D eigenvalue weighted by atomic mass is 10.1. The zero-order chi connectivity index (χ0) is 9.97. The molecule has 1 aromatic heterocycles. The average Bonchev–Trinajstić information content (AvgIpc) is 2.61. The molecule has 3 N–H and O–H groups in total. The highest BCUT2D eigenvalue weighted by Gasteiger charge is 2.02. The maximum Gasteiger partial charge on any atom is 0.0460 e. The lowest BCUT2D eigenvalue weighted by Crippen LogP contribution is -1.95. The molecule has 0 aliphatic carbocycles. The van der Waals surface area contributed by atoms with Crippen LogP contribution in [-0.2, 0) is 12.3 Å². The molecule has 14 heavy (non-hydrogen) atoms. The van der Waals surface area contributed by atoms with E-state index in [1.807, 2.05) is 11.8 Å². The summed E-state index contributed by atoms with van der Waals surface area (Å²) >= 11 is 1.84. The van der Waals surface area contributed by atoms with Gasteiger partial charge in [-0.3, -0.25) is 0 Å². The first kappa shape index (κ1) is 9.62. The number of hydrogen-bond acceptors (Lipinski definition) is 2. The molecule has 0 bridgehead atoms. The number of aromatic amines is 1. The zero-order valence-electron chi connectivity index (χ0n) is 8.21. The van der Waals surface area contributed by atoms with E-state index in [9.17, 15) is 0 Å². The Morgan fingerprint density at radius 1 is 1.43 bits per heavy atom. The summed E-state index contributed by atoms with van der Waals surface area (Å²) in [6.07, 6.45) is 4.20. The van der Waals surface area contributed by atoms with Gasteiger partial charge in [-0.25, -0.2) is 0 Å². The van der Waals surface area contributed by atoms with E-state index in [0.29, 0.717) is 6.54 Å². The molecular formula is C11H14N2S. The third kappa shape index (κ3) is 1.65. The molecule has 0 spiro atoms. The number of aromatic nitrogens is 1. The predicted octanol–water partition coefficient (Wildman–Crippen LogP) is 2.49. The number of H-pyrrole nitrogens is 1. The number of nitrogens with two attached hydrogens (primary N) is 1. The Bertz CT molecular complexity index is 434. The van der Waals surface area contributed by atoms with Crippen molar-refractivity contribution in [3.63, 3.8) is 0 Å². The summed E-state index contributed by atoms with van der Waals surface area (Å²) in [6, 6.07) is 6.37. The highest BCUT2D eigenvalue weighted by atomic mass is 32.2. The molecule has 0 aliphatic heterocycles. The highest BCUT2D eigenvalue weighted by molar-refractivity contribution is 7.97. The van der Waals surface area contributed by atoms with Crippen molar-refractivity contribution in [2.75, 3.05) is 6.26 Å². The number of thioether (sulfide) groups is 1. The molecule has 2 nitrogen and oxygen atoms in total. The van der Waals surface area contributed by atoms with Crippen molar-refractivity contribution in [1.82, 2.24) is 4.98 Å². The van der Waals surface area contributed by atoms with Crippen molar-refractivity contribution < 1.29 is 0 Å². The fourth-order valence-corrected chi connectivity index (χ4v) is 2.19. The second kappa shape index (κ2) is 4.07. The molecule has 1 aromatic carbocycles. The minimum absolute atomic E-state index is 0.604. The Morgan fingerprint density at radius 2 is 2.29 bits per heavy atom. The van der Waals surface area contributed by atoms with Crippen molar-refractivity contribution in [1.29, 1.82) is 0 Å². The first-order chi connectivity index (χ1) is 6.85. The van der Waals surface area contributed by atoms with Gasteiger partial charge in [-0.2, -0.15) is 11.8 Å². The summed E-state index contributed by atoms with van der Waals surface area (Å²) in [7, 11) is 0. The maximum absolute atomic E-state index is 5.59. The molecule has 0 unspecified atom stereocenters. The van der Waals surface area contributed by atoms with E-state index in [1.165, 1.54) is 22.0 Å². The zero-order valence-corrected chi connectivity index (χ0v) is 9.03. The quantitative estimate of drug-likeness (QED) is 0.810. The Morgan fingerprint density at radius 3 is 3.00 bits per heavy atom. The summed E-state index contributed by atoms with van der Waals surface area (Å²) in [5, 5.41) is 1.32. The van der Waals surface area contributed by atoms with Gasteiger partial charge in [-0.1, -0.05) is 12.1 Å². The van der Waals surface area contributed by atoms with Crippen LogP contribution in [0.3, 0.4) is 0 Å². The molecule has 74 valence electrons. The molecule has 1 heterocycles. The Hall–Kier alpha value is -0.930. The van der Waals surface area contributed by atoms with E-state index in [1.54, 1.807) is 0 Å². The summed E-state index contributed by atoms with van der Waals surface area (Å²) < 4.78 is 0. The van der Waals surface area contributed by atoms with Crippen LogP contribution in [0.15, 0.2) is 24.4 Å². The normalized spacial score (nSPS) is 11.0. The third-order valence-corrected chi connectivity index (χ3v) is 2.97. The second-order valence-electron chi connectivity index (χ2n) is 3.33. The van der Waals surface area contributed by atoms with Crippen molar-refractivity contribution in [3.8, 4) is 0 Å². The van der Waals surface area contributed by atoms with Gasteiger partial charge in [0.1, 0.15) is 0 Å². The monoisotopic (exact) mass is 206 g/mol. The standard InChI is InChI=1S/C11H14N2S/c1-14-7-9-6-13-11-4-8(5-12)2-3-10(9)11/h2-4,6,13H,5,7,12H2,1H3. The first-order valence-corrected chi connectivity index (χ1v) is 6.02. The summed E-state index contributed by atoms with van der Waals surface area (Å²) in [6.45, 7) is 0.604. The van der Waals surface area contributed by atoms with Gasteiger partial charge < -0.3 is 10.7 Å². The van der Waals surface area contributed by atoms with Crippen LogP contribution in [0.25, 0.3) is 10.9 Å². The molecule has 0 amide bonds. The van der Waals surface area contributed by atoms with E-state index in [4.69, 9.17) is 5.73 Å². The minimum Gasteiger partial charge on any atom is -0.361 e. The number of benzene rings is 1. The van der Waals surface area contributed by atoms with Gasteiger partial charge in [0, 0.05) is 29.4 Å². The van der Waals surface area contributed by atoms with Crippen LogP contribution in [0.4, 0.5) is 0 Å². The molecule has 2 rings (SSSR count). The van der Waals surface area contributed by atoms with Crippen LogP contribution >= 0.6 is 11.8 Å². The van der Waals surface area contributed by atoms with Crippen molar-refractivity contribution in [2.24, 2.45) is 5.73 Å². The molecule has 0 saturated carbocycles. The first-order valence-electron chi connectivity index (χ1n) is 4.63. The maximum atomic E-state index is 5.59. The van der Waals surface area contributed by atoms with Crippen molar-refractivity contribution in [2.45, 2.75) is 12.3 Å². The van der Waals surface area contributed by atoms with Gasteiger partial charge in [-0.15, -0.1) is 0 Å². The Labute approximate surface area is 87.9 Å². The predicted molar refractivity (Wildman–Crippen MR) is 63.4 cm³/mol. The number of hydrogen-bond donors (Lipinski definition) is 2. The lowest BCUT2D eigenvalue weighted by Gasteiger charge is -1.98. The number of fused-ring (bicyclic) bond motifs is 1. The van der Waals surface area contributed by atoms with E-state index in [0.717, 1.165) is 5.75 Å². The van der Waals surface area contributed by atoms with Gasteiger partial charge in [0.2, 0.25) is 0 Å². The molecule has 0 atom stereocenters. The van der Waals surface area contributed by atoms with E-state index < -0.39 is 0 Å². The van der Waals surface area contributed by atoms with Crippen LogP contribution in [0.1, 0.15) is 11.1 Å². The van der Waals surface area contributed by atoms with Crippen molar-refractivity contribution >= 4 is 22.7 Å². The van der Waals surface area contributed by atoms with Crippen LogP contribution in [0.2, 0.25) is 0 Å². The fourth-order valence-electron chi connectivity index (χ4n) is 1.64. The molecular weight excluding hydrogens is 192 g/mol. The largest absolute Gasteiger partial charge is 0.361 e. The van der Waals surface area contributed by atoms with Crippen molar-refractivity contribution in [3.05, 3.63) is 35.5 Å². The average molecular weight is 206 g/mol. The van der Waals surface area contributed by atoms with Gasteiger partial charge in [0.25, 0.3) is 0 Å². The van der Waals surface area contributed by atoms with Gasteiger partial charge in [-0.05, 0) is 23.4 Å². The summed E-state index contributed by atoms with van der Waals surface area (Å²) in [5.41, 5.74) is 9.33. The van der Waals surface area contributed by atoms with Gasteiger partial charge >= 0.3 is 0 Å². The topological polar surface area (TPSA) is 41.8 Å². The summed E-state index contributed by atoms with van der Waals surface area (Å²) in [4.78, 5) is 3.28. The number of rotatable bonds is 3. The van der Waals surface area contributed by atoms with Crippen LogP contribution in [0.5, 0.6) is 0 Å². The van der Waals surface area contributed by atoms with E-state index in [2.05, 4.69) is 35.6 Å². The van der Waals surface area contributed by atoms with Gasteiger partial charge in [0.15, 0.2) is 0 Å². The summed E-state index contributed by atoms with van der Waals surface area (Å²) in [5.74, 6) is 1.06. The SMILES string of the molecule is CSCc1c[nH]c2cc(CN)ccc12. The fraction of sp³-hybridized carbons (Fsp3) is 0.273. The number of nitrogens with one attached hydrogen (secondary N) is 1. The molecule has 0 saturated heterocycles. The van der Waals surface area contributed by atoms with E-state index >= 15 is 0 Å². The van der Waals surface area contributed by atoms with Gasteiger partial charge in [0.05, 0.1) is 0 Å². The highest BCUT2D eigenvalue weighted by Crippen LogP contribution is 2.22. The van der Waals surface area contributed by atoms with Crippen LogP contribution in [0, 0.1) is 0 Å². The lowest BCUT2D eigenvalue weighted by molar-refractivity contribution is 1.07. The smallest absolute Gasteiger partial charge is 0.0460 e. The van der Waals surface area contributed by atoms with Crippen LogP contribution in [-0.4, -0.2) is 11.2 Å². The van der Waals surface area contributed by atoms with E-state index in [-0.39, 0.29) is 0 Å². The third-order valence-electron chi connectivity index (χ3n) is 2.37. The molecule has 2 aromatic rings. The minimum atomic E-state index is 0.604.